The smallest absolute Gasteiger partial charge is 0.224 e. The van der Waals surface area contributed by atoms with E-state index in [0.29, 0.717) is 24.3 Å². The van der Waals surface area contributed by atoms with E-state index in [4.69, 9.17) is 0 Å². The molecule has 0 radical (unpaired) electrons. The van der Waals surface area contributed by atoms with E-state index in [1.807, 2.05) is 48.9 Å². The number of hydrogen-bond acceptors (Lipinski definition) is 5. The highest BCUT2D eigenvalue weighted by molar-refractivity contribution is 5.90. The van der Waals surface area contributed by atoms with Gasteiger partial charge in [0.05, 0.1) is 23.3 Å². The van der Waals surface area contributed by atoms with Gasteiger partial charge in [-0.15, -0.1) is 0 Å². The van der Waals surface area contributed by atoms with E-state index in [1.165, 1.54) is 6.33 Å². The Labute approximate surface area is 168 Å². The molecule has 0 atom stereocenters. The van der Waals surface area contributed by atoms with Crippen molar-refractivity contribution < 1.29 is 4.79 Å². The van der Waals surface area contributed by atoms with Crippen LogP contribution in [0.1, 0.15) is 23.4 Å². The van der Waals surface area contributed by atoms with Gasteiger partial charge in [-0.05, 0) is 50.1 Å². The van der Waals surface area contributed by atoms with Crippen molar-refractivity contribution in [2.24, 2.45) is 0 Å². The summed E-state index contributed by atoms with van der Waals surface area (Å²) in [4.78, 5) is 20.6. The Kier molecular flexibility index (Phi) is 5.15. The topological polar surface area (TPSA) is 90.5 Å². The molecular weight excluding hydrogens is 366 g/mol. The number of benzene rings is 1. The number of para-hydroxylation sites is 1. The molecule has 1 N–H and O–H groups in total. The first kappa shape index (κ1) is 18.5. The fraction of sp³-hybridized carbons (Fsp3) is 0.190. The highest BCUT2D eigenvalue weighted by atomic mass is 16.1. The van der Waals surface area contributed by atoms with Crippen molar-refractivity contribution in [3.05, 3.63) is 78.3 Å². The SMILES string of the molecule is Cc1nn(-c2ccccc2)c(C)c1CCC(=O)Nc1ccc(-n2cncn2)nc1. The van der Waals surface area contributed by atoms with Crippen LogP contribution in [0.2, 0.25) is 0 Å². The molecule has 3 heterocycles. The van der Waals surface area contributed by atoms with Crippen LogP contribution in [-0.2, 0) is 11.2 Å². The molecule has 4 rings (SSSR count). The summed E-state index contributed by atoms with van der Waals surface area (Å²) >= 11 is 0. The maximum Gasteiger partial charge on any atom is 0.224 e. The monoisotopic (exact) mass is 387 g/mol. The van der Waals surface area contributed by atoms with Gasteiger partial charge in [0.15, 0.2) is 5.82 Å². The molecule has 0 aliphatic carbocycles. The molecule has 29 heavy (non-hydrogen) atoms. The number of carbonyl (C=O) groups is 1. The summed E-state index contributed by atoms with van der Waals surface area (Å²) in [6, 6.07) is 13.6. The van der Waals surface area contributed by atoms with Crippen molar-refractivity contribution in [3.63, 3.8) is 0 Å². The highest BCUT2D eigenvalue weighted by Crippen LogP contribution is 2.19. The first-order valence-electron chi connectivity index (χ1n) is 9.33. The molecule has 0 bridgehead atoms. The highest BCUT2D eigenvalue weighted by Gasteiger charge is 2.14. The Hall–Kier alpha value is -3.81. The van der Waals surface area contributed by atoms with E-state index < -0.39 is 0 Å². The zero-order valence-electron chi connectivity index (χ0n) is 16.3. The number of anilines is 1. The number of aromatic nitrogens is 6. The minimum atomic E-state index is -0.0634. The predicted molar refractivity (Wildman–Crippen MR) is 109 cm³/mol. The number of aryl methyl sites for hydroxylation is 1. The number of rotatable bonds is 6. The van der Waals surface area contributed by atoms with E-state index in [9.17, 15) is 4.79 Å². The fourth-order valence-corrected chi connectivity index (χ4v) is 3.24. The Morgan fingerprint density at radius 1 is 1.10 bits per heavy atom. The van der Waals surface area contributed by atoms with Gasteiger partial charge in [0, 0.05) is 12.1 Å². The number of nitrogens with zero attached hydrogens (tertiary/aromatic N) is 6. The summed E-state index contributed by atoms with van der Waals surface area (Å²) < 4.78 is 3.48. The zero-order chi connectivity index (χ0) is 20.2. The molecule has 8 heteroatoms. The van der Waals surface area contributed by atoms with Crippen LogP contribution in [0.3, 0.4) is 0 Å². The summed E-state index contributed by atoms with van der Waals surface area (Å²) in [7, 11) is 0. The molecule has 4 aromatic rings. The Morgan fingerprint density at radius 3 is 2.62 bits per heavy atom. The van der Waals surface area contributed by atoms with Crippen molar-refractivity contribution in [3.8, 4) is 11.5 Å². The lowest BCUT2D eigenvalue weighted by molar-refractivity contribution is -0.116. The normalized spacial score (nSPS) is 10.8. The molecule has 0 aliphatic rings. The van der Waals surface area contributed by atoms with E-state index in [2.05, 4.69) is 25.5 Å². The third-order valence-electron chi connectivity index (χ3n) is 4.73. The van der Waals surface area contributed by atoms with E-state index in [1.54, 1.807) is 29.3 Å². The molecule has 0 saturated heterocycles. The van der Waals surface area contributed by atoms with E-state index in [0.717, 1.165) is 22.6 Å². The van der Waals surface area contributed by atoms with Gasteiger partial charge in [-0.3, -0.25) is 4.79 Å². The second kappa shape index (κ2) is 8.05. The number of pyridine rings is 1. The average molecular weight is 387 g/mol. The summed E-state index contributed by atoms with van der Waals surface area (Å²) in [6.45, 7) is 4.01. The van der Waals surface area contributed by atoms with Crippen LogP contribution in [0.15, 0.2) is 61.3 Å². The Bertz CT molecular complexity index is 1100. The summed E-state index contributed by atoms with van der Waals surface area (Å²) in [6.07, 6.45) is 5.62. The molecule has 0 fully saturated rings. The number of carbonyl (C=O) groups excluding carboxylic acids is 1. The zero-order valence-corrected chi connectivity index (χ0v) is 16.3. The van der Waals surface area contributed by atoms with Crippen molar-refractivity contribution in [1.82, 2.24) is 29.5 Å². The third kappa shape index (κ3) is 4.06. The maximum atomic E-state index is 12.4. The quantitative estimate of drug-likeness (QED) is 0.549. The van der Waals surface area contributed by atoms with Crippen molar-refractivity contribution >= 4 is 11.6 Å². The summed E-state index contributed by atoms with van der Waals surface area (Å²) in [5, 5.41) is 11.6. The van der Waals surface area contributed by atoms with E-state index >= 15 is 0 Å². The maximum absolute atomic E-state index is 12.4. The number of amides is 1. The second-order valence-electron chi connectivity index (χ2n) is 6.69. The van der Waals surface area contributed by atoms with Crippen LogP contribution in [-0.4, -0.2) is 35.4 Å². The molecule has 0 aliphatic heterocycles. The van der Waals surface area contributed by atoms with Crippen LogP contribution in [0, 0.1) is 13.8 Å². The first-order valence-corrected chi connectivity index (χ1v) is 9.33. The van der Waals surface area contributed by atoms with Crippen LogP contribution < -0.4 is 5.32 Å². The van der Waals surface area contributed by atoms with Crippen molar-refractivity contribution in [2.45, 2.75) is 26.7 Å². The average Bonchev–Trinajstić information content (AvgIpc) is 3.37. The molecule has 8 nitrogen and oxygen atoms in total. The number of hydrogen-bond donors (Lipinski definition) is 1. The molecule has 1 aromatic carbocycles. The lowest BCUT2D eigenvalue weighted by Crippen LogP contribution is -2.13. The van der Waals surface area contributed by atoms with Crippen molar-refractivity contribution in [2.75, 3.05) is 5.32 Å². The minimum Gasteiger partial charge on any atom is -0.325 e. The summed E-state index contributed by atoms with van der Waals surface area (Å²) in [5.74, 6) is 0.576. The molecule has 0 saturated carbocycles. The first-order chi connectivity index (χ1) is 14.1. The van der Waals surface area contributed by atoms with Crippen LogP contribution in [0.5, 0.6) is 0 Å². The van der Waals surface area contributed by atoms with Gasteiger partial charge < -0.3 is 5.32 Å². The Balaban J connectivity index is 1.39. The van der Waals surface area contributed by atoms with Gasteiger partial charge in [-0.2, -0.15) is 10.2 Å². The van der Waals surface area contributed by atoms with Crippen LogP contribution in [0.25, 0.3) is 11.5 Å². The van der Waals surface area contributed by atoms with Gasteiger partial charge >= 0.3 is 0 Å². The van der Waals surface area contributed by atoms with E-state index in [-0.39, 0.29) is 5.91 Å². The second-order valence-corrected chi connectivity index (χ2v) is 6.69. The fourth-order valence-electron chi connectivity index (χ4n) is 3.24. The largest absolute Gasteiger partial charge is 0.325 e. The lowest BCUT2D eigenvalue weighted by Gasteiger charge is -2.07. The molecular formula is C21H21N7O. The third-order valence-corrected chi connectivity index (χ3v) is 4.73. The number of nitrogens with one attached hydrogen (secondary N) is 1. The molecule has 3 aromatic heterocycles. The van der Waals surface area contributed by atoms with Crippen molar-refractivity contribution in [1.29, 1.82) is 0 Å². The van der Waals surface area contributed by atoms with Gasteiger partial charge in [-0.1, -0.05) is 18.2 Å². The van der Waals surface area contributed by atoms with Crippen LogP contribution in [0.4, 0.5) is 5.69 Å². The lowest BCUT2D eigenvalue weighted by atomic mass is 10.1. The molecule has 146 valence electrons. The van der Waals surface area contributed by atoms with Gasteiger partial charge in [0.25, 0.3) is 0 Å². The molecule has 0 spiro atoms. The predicted octanol–water partition coefficient (Wildman–Crippen LogP) is 3.04. The molecule has 1 amide bonds. The Morgan fingerprint density at radius 2 is 1.93 bits per heavy atom. The minimum absolute atomic E-state index is 0.0634. The summed E-state index contributed by atoms with van der Waals surface area (Å²) in [5.41, 5.74) is 4.76. The standard InChI is InChI=1S/C21H21N7O/c1-15-19(16(2)28(26-15)18-6-4-3-5-7-18)9-11-21(29)25-17-8-10-20(23-12-17)27-14-22-13-24-27/h3-8,10,12-14H,9,11H2,1-2H3,(H,25,29). The van der Waals surface area contributed by atoms with Crippen LogP contribution >= 0.6 is 0 Å². The van der Waals surface area contributed by atoms with Gasteiger partial charge in [0.1, 0.15) is 12.7 Å². The van der Waals surface area contributed by atoms with Gasteiger partial charge in [-0.25, -0.2) is 19.3 Å². The molecule has 0 unspecified atom stereocenters. The van der Waals surface area contributed by atoms with Gasteiger partial charge in [0.2, 0.25) is 5.91 Å².